The fraction of sp³-hybridized carbons (Fsp3) is 0.467. The zero-order valence-corrected chi connectivity index (χ0v) is 17.9. The van der Waals surface area contributed by atoms with Crippen LogP contribution in [0.4, 0.5) is 58.3 Å². The van der Waals surface area contributed by atoms with Gasteiger partial charge in [0.25, 0.3) is 16.0 Å². The van der Waals surface area contributed by atoms with Gasteiger partial charge in [-0.2, -0.15) is 35.1 Å². The number of azo groups is 1. The maximum atomic E-state index is 13.7. The van der Waals surface area contributed by atoms with E-state index in [0.29, 0.717) is 4.57 Å². The molecule has 34 heavy (non-hydrogen) atoms. The van der Waals surface area contributed by atoms with E-state index in [1.54, 1.807) is 6.92 Å². The summed E-state index contributed by atoms with van der Waals surface area (Å²) in [4.78, 5) is 0. The zero-order chi connectivity index (χ0) is 25.9. The van der Waals surface area contributed by atoms with Gasteiger partial charge in [0, 0.05) is 12.6 Å². The molecular weight excluding hydrogens is 510 g/mol. The molecule has 1 atom stereocenters. The van der Waals surface area contributed by atoms with Crippen LogP contribution in [0, 0.1) is 0 Å². The first-order chi connectivity index (χ1) is 15.7. The maximum absolute atomic E-state index is 13.7. The molecule has 190 valence electrons. The lowest BCUT2D eigenvalue weighted by atomic mass is 10.2. The van der Waals surface area contributed by atoms with E-state index in [2.05, 4.69) is 29.2 Å². The van der Waals surface area contributed by atoms with Crippen LogP contribution >= 0.6 is 0 Å². The predicted molar refractivity (Wildman–Crippen MR) is 100 cm³/mol. The second kappa shape index (κ2) is 10.0. The third kappa shape index (κ3) is 5.34. The lowest BCUT2D eigenvalue weighted by Gasteiger charge is -2.18. The summed E-state index contributed by atoms with van der Waals surface area (Å²) in [7, 11) is -5.22. The number of nitrogens with two attached hydrogens (primary N) is 1. The van der Waals surface area contributed by atoms with Crippen LogP contribution in [0.1, 0.15) is 19.7 Å². The van der Waals surface area contributed by atoms with Gasteiger partial charge in [-0.1, -0.05) is 4.39 Å². The van der Waals surface area contributed by atoms with Gasteiger partial charge in [-0.15, -0.1) is 20.4 Å². The minimum atomic E-state index is -5.99. The molecule has 0 radical (unpaired) electrons. The summed E-state index contributed by atoms with van der Waals surface area (Å²) in [5, 5.41) is 12.9. The fourth-order valence-corrected chi connectivity index (χ4v) is 2.93. The molecule has 0 aliphatic rings. The van der Waals surface area contributed by atoms with Crippen molar-refractivity contribution in [3.05, 3.63) is 18.0 Å². The molecule has 0 aliphatic carbocycles. The van der Waals surface area contributed by atoms with Crippen molar-refractivity contribution in [3.8, 4) is 5.75 Å². The van der Waals surface area contributed by atoms with Crippen molar-refractivity contribution < 1.29 is 48.6 Å². The number of alkyl halides is 7. The van der Waals surface area contributed by atoms with Crippen molar-refractivity contribution in [2.75, 3.05) is 12.3 Å². The first-order valence-corrected chi connectivity index (χ1v) is 10.4. The van der Waals surface area contributed by atoms with Gasteiger partial charge >= 0.3 is 17.9 Å². The monoisotopic (exact) mass is 525 g/mol. The quantitative estimate of drug-likeness (QED) is 0.262. The van der Waals surface area contributed by atoms with Crippen LogP contribution in [0.2, 0.25) is 0 Å². The molecule has 2 rings (SSSR count). The number of halogens is 8. The molecule has 19 heteroatoms. The van der Waals surface area contributed by atoms with Crippen LogP contribution in [0.25, 0.3) is 0 Å². The van der Waals surface area contributed by atoms with Crippen LogP contribution < -0.4 is 10.5 Å². The summed E-state index contributed by atoms with van der Waals surface area (Å²) >= 11 is 0. The second-order valence-electron chi connectivity index (χ2n) is 6.08. The number of hydrogen-bond acceptors (Lipinski definition) is 9. The van der Waals surface area contributed by atoms with Gasteiger partial charge in [-0.25, -0.2) is 4.21 Å². The first kappa shape index (κ1) is 27.2. The second-order valence-corrected chi connectivity index (χ2v) is 7.78. The van der Waals surface area contributed by atoms with E-state index in [9.17, 15) is 39.5 Å². The molecule has 2 N–H and O–H groups in total. The fourth-order valence-electron chi connectivity index (χ4n) is 2.34. The highest BCUT2D eigenvalue weighted by molar-refractivity contribution is 7.89. The average Bonchev–Trinajstić information content (AvgIpc) is 3.17. The minimum absolute atomic E-state index is 0.0543. The van der Waals surface area contributed by atoms with E-state index >= 15 is 0 Å². The van der Waals surface area contributed by atoms with Crippen molar-refractivity contribution in [1.82, 2.24) is 14.8 Å². The van der Waals surface area contributed by atoms with Gasteiger partial charge in [-0.05, 0) is 24.4 Å². The third-order valence-electron chi connectivity index (χ3n) is 3.88. The number of benzene rings is 1. The van der Waals surface area contributed by atoms with Crippen LogP contribution in [0.5, 0.6) is 5.75 Å². The Morgan fingerprint density at radius 1 is 1.12 bits per heavy atom. The normalized spacial score (nSPS) is 14.6. The van der Waals surface area contributed by atoms with E-state index in [4.69, 9.17) is 10.5 Å². The van der Waals surface area contributed by atoms with Crippen LogP contribution in [-0.2, 0) is 26.9 Å². The van der Waals surface area contributed by atoms with E-state index in [1.165, 1.54) is 6.92 Å². The van der Waals surface area contributed by atoms with Crippen molar-refractivity contribution >= 4 is 33.0 Å². The summed E-state index contributed by atoms with van der Waals surface area (Å²) in [6, 6.07) is 1.73. The van der Waals surface area contributed by atoms with E-state index in [0.717, 1.165) is 12.1 Å². The number of hydrogen-bond donors (Lipinski definition) is 1. The first-order valence-electron chi connectivity index (χ1n) is 8.92. The lowest BCUT2D eigenvalue weighted by molar-refractivity contribution is -0.293. The molecule has 1 heterocycles. The molecule has 1 aromatic carbocycles. The highest BCUT2D eigenvalue weighted by Crippen LogP contribution is 2.44. The summed E-state index contributed by atoms with van der Waals surface area (Å²) in [6.07, 6.45) is -5.99. The van der Waals surface area contributed by atoms with Crippen LogP contribution in [0.3, 0.4) is 0 Å². The molecule has 1 aromatic heterocycles. The van der Waals surface area contributed by atoms with E-state index in [-0.39, 0.29) is 18.0 Å². The number of anilines is 1. The third-order valence-corrected chi connectivity index (χ3v) is 4.96. The Morgan fingerprint density at radius 3 is 2.26 bits per heavy atom. The summed E-state index contributed by atoms with van der Waals surface area (Å²) in [5.41, 5.74) is 4.11. The Kier molecular flexibility index (Phi) is 8.02. The van der Waals surface area contributed by atoms with Crippen molar-refractivity contribution in [3.63, 3.8) is 0 Å². The Morgan fingerprint density at radius 2 is 1.76 bits per heavy atom. The Bertz CT molecular complexity index is 1180. The standard InChI is InChI=1S/C15H15F8N7O3S/c1-3-30-11(14(18,19)15(20,21)22)26-28-13(30)27-25-8-6-10(32-4-2)7(24)5-9(8)29-34(31,33-23)12(16)17/h5-6,12H,3-4,24H2,1-2H3. The minimum Gasteiger partial charge on any atom is -0.492 e. The summed E-state index contributed by atoms with van der Waals surface area (Å²) < 4.78 is 127. The van der Waals surface area contributed by atoms with Gasteiger partial charge in [0.15, 0.2) is 0 Å². The molecule has 0 saturated carbocycles. The lowest BCUT2D eigenvalue weighted by Crippen LogP contribution is -2.36. The number of ether oxygens (including phenoxy) is 1. The van der Waals surface area contributed by atoms with Gasteiger partial charge < -0.3 is 10.5 Å². The number of nitrogens with zero attached hydrogens (tertiary/aromatic N) is 6. The number of aromatic nitrogens is 3. The summed E-state index contributed by atoms with van der Waals surface area (Å²) in [5.74, 6) is -12.0. The number of rotatable bonds is 9. The number of nitrogen functional groups attached to an aromatic ring is 1. The molecule has 0 amide bonds. The highest BCUT2D eigenvalue weighted by atomic mass is 32.2. The van der Waals surface area contributed by atoms with Gasteiger partial charge in [0.05, 0.1) is 12.3 Å². The maximum Gasteiger partial charge on any atom is 0.461 e. The summed E-state index contributed by atoms with van der Waals surface area (Å²) in [6.45, 7) is 2.29. The van der Waals surface area contributed by atoms with E-state index < -0.39 is 57.6 Å². The van der Waals surface area contributed by atoms with Crippen LogP contribution in [0.15, 0.2) is 26.7 Å². The molecule has 0 bridgehead atoms. The van der Waals surface area contributed by atoms with E-state index in [1.807, 2.05) is 0 Å². The Labute approximate surface area is 186 Å². The zero-order valence-electron chi connectivity index (χ0n) is 17.1. The molecule has 2 aromatic rings. The van der Waals surface area contributed by atoms with Crippen LogP contribution in [-0.4, -0.2) is 37.5 Å². The van der Waals surface area contributed by atoms with Crippen molar-refractivity contribution in [2.45, 2.75) is 38.2 Å². The largest absolute Gasteiger partial charge is 0.492 e. The highest BCUT2D eigenvalue weighted by Gasteiger charge is 2.62. The molecule has 0 aliphatic heterocycles. The Balaban J connectivity index is 2.67. The molecule has 0 saturated heterocycles. The molecule has 0 fully saturated rings. The van der Waals surface area contributed by atoms with Gasteiger partial charge in [0.1, 0.15) is 17.1 Å². The van der Waals surface area contributed by atoms with Gasteiger partial charge in [-0.3, -0.25) is 4.57 Å². The smallest absolute Gasteiger partial charge is 0.461 e. The molecule has 1 unspecified atom stereocenters. The predicted octanol–water partition coefficient (Wildman–Crippen LogP) is 5.49. The average molecular weight is 525 g/mol. The molecular formula is C15H15F8N7O3S. The Hall–Kier alpha value is -3.09. The SMILES string of the molecule is CCOc1cc(N=Nc2nnc(C(F)(F)C(F)(F)F)n2CC)c(N=S(=O)(OF)C(F)F)cc1N. The van der Waals surface area contributed by atoms with Crippen molar-refractivity contribution in [1.29, 1.82) is 0 Å². The molecule has 0 spiro atoms. The van der Waals surface area contributed by atoms with Crippen molar-refractivity contribution in [2.24, 2.45) is 14.6 Å². The topological polar surface area (TPSA) is 129 Å². The van der Waals surface area contributed by atoms with Gasteiger partial charge in [0.2, 0.25) is 5.82 Å². The molecule has 10 nitrogen and oxygen atoms in total.